The Labute approximate surface area is 214 Å². The van der Waals surface area contributed by atoms with Crippen LogP contribution in [0.4, 0.5) is 0 Å². The Morgan fingerprint density at radius 1 is 0.730 bits per heavy atom. The lowest BCUT2D eigenvalue weighted by Crippen LogP contribution is -2.21. The van der Waals surface area contributed by atoms with E-state index in [4.69, 9.17) is 18.5 Å². The molecule has 0 aromatic heterocycles. The van der Waals surface area contributed by atoms with Crippen molar-refractivity contribution >= 4 is 35.6 Å². The maximum Gasteiger partial charge on any atom is 0.466 e. The van der Waals surface area contributed by atoms with Crippen molar-refractivity contribution in [2.24, 2.45) is 0 Å². The van der Waals surface area contributed by atoms with Gasteiger partial charge in [0.25, 0.3) is 0 Å². The molecule has 0 spiro atoms. The van der Waals surface area contributed by atoms with Crippen molar-refractivity contribution in [2.75, 3.05) is 0 Å². The highest BCUT2D eigenvalue weighted by Crippen LogP contribution is 2.52. The van der Waals surface area contributed by atoms with Gasteiger partial charge in [-0.1, -0.05) is 67.3 Å². The minimum Gasteiger partial charge on any atom is -0.423 e. The molecule has 0 aliphatic rings. The van der Waals surface area contributed by atoms with Crippen LogP contribution >= 0.6 is 7.60 Å². The monoisotopic (exact) mass is 514 g/mol. The van der Waals surface area contributed by atoms with Gasteiger partial charge < -0.3 is 18.5 Å². The summed E-state index contributed by atoms with van der Waals surface area (Å²) in [5.74, 6) is -1.04. The fourth-order valence-electron chi connectivity index (χ4n) is 3.51. The molecule has 37 heavy (non-hydrogen) atoms. The molecule has 0 saturated heterocycles. The summed E-state index contributed by atoms with van der Waals surface area (Å²) in [5.41, 5.74) is 0.849. The topological polar surface area (TPSA) is 88.1 Å². The Morgan fingerprint density at radius 3 is 1.81 bits per heavy atom. The third-order valence-corrected chi connectivity index (χ3v) is 6.99. The van der Waals surface area contributed by atoms with Gasteiger partial charge in [0.15, 0.2) is 5.75 Å². The van der Waals surface area contributed by atoms with Crippen LogP contribution in [0.1, 0.15) is 5.56 Å². The van der Waals surface area contributed by atoms with Gasteiger partial charge in [-0.3, -0.25) is 0 Å². The van der Waals surface area contributed by atoms with Gasteiger partial charge in [0, 0.05) is 29.0 Å². The summed E-state index contributed by atoms with van der Waals surface area (Å²) in [6.45, 7) is 8.76. The van der Waals surface area contributed by atoms with Crippen LogP contribution in [0.15, 0.2) is 110 Å². The number of esters is 2. The molecule has 0 unspecified atom stereocenters. The fourth-order valence-corrected chi connectivity index (χ4v) is 5.23. The molecule has 0 aliphatic heterocycles. The van der Waals surface area contributed by atoms with E-state index >= 15 is 0 Å². The van der Waals surface area contributed by atoms with Crippen molar-refractivity contribution in [1.82, 2.24) is 0 Å². The van der Waals surface area contributed by atoms with Crippen molar-refractivity contribution in [3.05, 3.63) is 116 Å². The second-order valence-corrected chi connectivity index (χ2v) is 9.67. The summed E-state index contributed by atoms with van der Waals surface area (Å²) >= 11 is 0. The first-order valence-electron chi connectivity index (χ1n) is 11.2. The quantitative estimate of drug-likeness (QED) is 0.112. The van der Waals surface area contributed by atoms with Gasteiger partial charge in [0.2, 0.25) is 0 Å². The Kier molecular flexibility index (Phi) is 7.56. The summed E-state index contributed by atoms with van der Waals surface area (Å²) < 4.78 is 37.7. The minimum atomic E-state index is -4.34. The van der Waals surface area contributed by atoms with Gasteiger partial charge in [-0.25, -0.2) is 14.2 Å². The predicted molar refractivity (Wildman–Crippen MR) is 142 cm³/mol. The Hall–Kier alpha value is -4.61. The van der Waals surface area contributed by atoms with E-state index in [2.05, 4.69) is 13.2 Å². The number of benzene rings is 4. The first kappa shape index (κ1) is 25.5. The van der Waals surface area contributed by atoms with E-state index in [-0.39, 0.29) is 28.3 Å². The predicted octanol–water partition coefficient (Wildman–Crippen LogP) is 6.31. The first-order valence-corrected chi connectivity index (χ1v) is 12.7. The number of carbonyl (C=O) groups is 2. The summed E-state index contributed by atoms with van der Waals surface area (Å²) in [6.07, 6.45) is 1.99. The third kappa shape index (κ3) is 5.80. The molecular formula is C29H23O7P. The van der Waals surface area contributed by atoms with E-state index < -0.39 is 19.5 Å². The lowest BCUT2D eigenvalue weighted by atomic mass is 10.1. The molecule has 8 heteroatoms. The SMILES string of the molecule is C=CC(=O)Oc1cc(P(=O)(Oc2ccccc2)Oc2ccccc2)c(OC(=O)C=C)c2ccc(C)cc12. The molecule has 186 valence electrons. The van der Waals surface area contributed by atoms with Crippen LogP contribution in [0.3, 0.4) is 0 Å². The van der Waals surface area contributed by atoms with Crippen LogP contribution in [0, 0.1) is 6.92 Å². The van der Waals surface area contributed by atoms with E-state index in [0.717, 1.165) is 17.7 Å². The van der Waals surface area contributed by atoms with E-state index in [1.807, 2.05) is 6.92 Å². The standard InChI is InChI=1S/C29H23O7P/c1-4-27(30)33-25-19-26(29(34-28(31)5-2)23-17-16-20(3)18-24(23)25)37(32,35-21-12-8-6-9-13-21)36-22-14-10-7-11-15-22/h4-19H,1-2H2,3H3. The average molecular weight is 514 g/mol. The highest BCUT2D eigenvalue weighted by Gasteiger charge is 2.38. The van der Waals surface area contributed by atoms with Gasteiger partial charge in [-0.05, 0) is 37.3 Å². The average Bonchev–Trinajstić information content (AvgIpc) is 2.90. The molecule has 0 atom stereocenters. The van der Waals surface area contributed by atoms with Gasteiger partial charge in [0.1, 0.15) is 22.6 Å². The molecule has 0 saturated carbocycles. The van der Waals surface area contributed by atoms with Crippen molar-refractivity contribution in [2.45, 2.75) is 6.92 Å². The number of para-hydroxylation sites is 2. The van der Waals surface area contributed by atoms with E-state index in [0.29, 0.717) is 10.8 Å². The number of hydrogen-bond donors (Lipinski definition) is 0. The van der Waals surface area contributed by atoms with Crippen LogP contribution in [0.25, 0.3) is 10.8 Å². The molecule has 0 aliphatic carbocycles. The largest absolute Gasteiger partial charge is 0.466 e. The number of ether oxygens (including phenoxy) is 2. The van der Waals surface area contributed by atoms with E-state index in [1.54, 1.807) is 78.9 Å². The minimum absolute atomic E-state index is 0.0607. The number of carbonyl (C=O) groups excluding carboxylic acids is 2. The Balaban J connectivity index is 2.03. The molecule has 4 aromatic rings. The smallest absolute Gasteiger partial charge is 0.423 e. The molecule has 0 bridgehead atoms. The number of aryl methyl sites for hydroxylation is 1. The first-order chi connectivity index (χ1) is 17.8. The van der Waals surface area contributed by atoms with Gasteiger partial charge in [-0.2, -0.15) is 0 Å². The number of hydrogen-bond acceptors (Lipinski definition) is 7. The zero-order valence-electron chi connectivity index (χ0n) is 20.0. The van der Waals surface area contributed by atoms with Crippen molar-refractivity contribution in [3.63, 3.8) is 0 Å². The third-order valence-electron chi connectivity index (χ3n) is 5.16. The zero-order chi connectivity index (χ0) is 26.4. The van der Waals surface area contributed by atoms with Gasteiger partial charge >= 0.3 is 19.5 Å². The maximum atomic E-state index is 14.6. The summed E-state index contributed by atoms with van der Waals surface area (Å²) in [5, 5.41) is 0.661. The molecular weight excluding hydrogens is 491 g/mol. The molecule has 4 aromatic carbocycles. The maximum absolute atomic E-state index is 14.6. The molecule has 0 N–H and O–H groups in total. The Bertz CT molecular complexity index is 1480. The van der Waals surface area contributed by atoms with E-state index in [1.165, 1.54) is 6.07 Å². The highest BCUT2D eigenvalue weighted by molar-refractivity contribution is 7.63. The second-order valence-electron chi connectivity index (χ2n) is 7.83. The van der Waals surface area contributed by atoms with Crippen LogP contribution in [0.5, 0.6) is 23.0 Å². The Morgan fingerprint density at radius 2 is 1.27 bits per heavy atom. The highest BCUT2D eigenvalue weighted by atomic mass is 31.2. The van der Waals surface area contributed by atoms with Gasteiger partial charge in [0.05, 0.1) is 0 Å². The van der Waals surface area contributed by atoms with Crippen LogP contribution in [0.2, 0.25) is 0 Å². The normalized spacial score (nSPS) is 10.8. The molecule has 4 rings (SSSR count). The summed E-state index contributed by atoms with van der Waals surface area (Å²) in [4.78, 5) is 24.6. The van der Waals surface area contributed by atoms with Crippen molar-refractivity contribution in [3.8, 4) is 23.0 Å². The second kappa shape index (κ2) is 11.0. The summed E-state index contributed by atoms with van der Waals surface area (Å²) in [7, 11) is -4.34. The van der Waals surface area contributed by atoms with Crippen molar-refractivity contribution < 1.29 is 32.7 Å². The van der Waals surface area contributed by atoms with E-state index in [9.17, 15) is 14.2 Å². The van der Waals surface area contributed by atoms with Crippen LogP contribution < -0.4 is 23.8 Å². The molecule has 0 radical (unpaired) electrons. The van der Waals surface area contributed by atoms with Crippen LogP contribution in [-0.2, 0) is 14.2 Å². The molecule has 0 heterocycles. The van der Waals surface area contributed by atoms with Crippen LogP contribution in [-0.4, -0.2) is 11.9 Å². The van der Waals surface area contributed by atoms with Gasteiger partial charge in [-0.15, -0.1) is 0 Å². The number of fused-ring (bicyclic) bond motifs is 1. The van der Waals surface area contributed by atoms with Crippen molar-refractivity contribution in [1.29, 1.82) is 0 Å². The number of rotatable bonds is 9. The summed E-state index contributed by atoms with van der Waals surface area (Å²) in [6, 6.07) is 23.3. The fraction of sp³-hybridized carbons (Fsp3) is 0.0345. The zero-order valence-corrected chi connectivity index (χ0v) is 20.9. The molecule has 7 nitrogen and oxygen atoms in total. The lowest BCUT2D eigenvalue weighted by Gasteiger charge is -2.23. The lowest BCUT2D eigenvalue weighted by molar-refractivity contribution is -0.129. The molecule has 0 amide bonds. The molecule has 0 fully saturated rings.